The highest BCUT2D eigenvalue weighted by Crippen LogP contribution is 2.32. The average Bonchev–Trinajstić information content (AvgIpc) is 3.28. The van der Waals surface area contributed by atoms with Crippen molar-refractivity contribution in [3.8, 4) is 0 Å². The number of ketones is 1. The third kappa shape index (κ3) is 7.20. The first-order chi connectivity index (χ1) is 15.1. The molecule has 2 aliphatic rings. The fraction of sp³-hybridized carbons (Fsp3) is 0.630. The Bertz CT molecular complexity index is 792. The van der Waals surface area contributed by atoms with Crippen molar-refractivity contribution in [2.24, 2.45) is 11.1 Å². The van der Waals surface area contributed by atoms with Crippen molar-refractivity contribution in [2.75, 3.05) is 0 Å². The molecular formula is C27H38ClNO2. The second kappa shape index (κ2) is 12.4. The van der Waals surface area contributed by atoms with Gasteiger partial charge in [0.15, 0.2) is 5.78 Å². The van der Waals surface area contributed by atoms with Crippen LogP contribution >= 0.6 is 11.6 Å². The number of nitrogens with zero attached hydrogens (tertiary/aromatic N) is 1. The number of carbonyl (C=O) groups is 1. The van der Waals surface area contributed by atoms with Gasteiger partial charge in [0.05, 0.1) is 0 Å². The Morgan fingerprint density at radius 3 is 2.71 bits per heavy atom. The third-order valence-electron chi connectivity index (χ3n) is 6.77. The Hall–Kier alpha value is -1.61. The van der Waals surface area contributed by atoms with Crippen LogP contribution in [0.4, 0.5) is 0 Å². The Morgan fingerprint density at radius 2 is 1.94 bits per heavy atom. The lowest BCUT2D eigenvalue weighted by molar-refractivity contribution is -0.113. The van der Waals surface area contributed by atoms with Gasteiger partial charge in [-0.3, -0.25) is 4.79 Å². The Balaban J connectivity index is 1.41. The quantitative estimate of drug-likeness (QED) is 0.324. The molecule has 0 saturated heterocycles. The van der Waals surface area contributed by atoms with Crippen molar-refractivity contribution in [1.29, 1.82) is 0 Å². The number of rotatable bonds is 11. The number of hydrogen-bond acceptors (Lipinski definition) is 3. The van der Waals surface area contributed by atoms with Crippen LogP contribution in [0.5, 0.6) is 0 Å². The van der Waals surface area contributed by atoms with Gasteiger partial charge in [0.2, 0.25) is 0 Å². The summed E-state index contributed by atoms with van der Waals surface area (Å²) in [6, 6.07) is 6.14. The van der Waals surface area contributed by atoms with E-state index >= 15 is 0 Å². The SMILES string of the molecule is CCCC=C(CCCCCC(=O)C1=NOC(C2CCCCC2)C1)c1cc(Cl)ccc1C. The second-order valence-electron chi connectivity index (χ2n) is 9.25. The van der Waals surface area contributed by atoms with Gasteiger partial charge in [-0.05, 0) is 80.2 Å². The first-order valence-corrected chi connectivity index (χ1v) is 12.7. The summed E-state index contributed by atoms with van der Waals surface area (Å²) in [6.07, 6.45) is 16.5. The molecule has 3 nitrogen and oxygen atoms in total. The molecule has 1 aromatic rings. The van der Waals surface area contributed by atoms with E-state index in [4.69, 9.17) is 16.4 Å². The highest BCUT2D eigenvalue weighted by atomic mass is 35.5. The standard InChI is InChI=1S/C27H38ClNO2/c1-3-4-11-21(24-18-23(28)17-16-20(24)2)12-7-6-10-15-26(30)25-19-27(31-29-25)22-13-8-5-9-14-22/h11,16-18,22,27H,3-10,12-15,19H2,1-2H3. The van der Waals surface area contributed by atoms with Gasteiger partial charge >= 0.3 is 0 Å². The molecule has 1 atom stereocenters. The maximum absolute atomic E-state index is 12.6. The molecule has 0 spiro atoms. The molecule has 1 heterocycles. The minimum atomic E-state index is 0.145. The molecule has 0 bridgehead atoms. The van der Waals surface area contributed by atoms with Crippen LogP contribution in [0.2, 0.25) is 5.02 Å². The van der Waals surface area contributed by atoms with E-state index in [0.29, 0.717) is 18.1 Å². The molecule has 31 heavy (non-hydrogen) atoms. The zero-order valence-corrected chi connectivity index (χ0v) is 20.1. The number of oxime groups is 1. The molecule has 0 aromatic heterocycles. The smallest absolute Gasteiger partial charge is 0.180 e. The van der Waals surface area contributed by atoms with Crippen LogP contribution in [0.1, 0.15) is 102 Å². The van der Waals surface area contributed by atoms with Gasteiger partial charge in [0.25, 0.3) is 0 Å². The molecule has 1 aliphatic carbocycles. The zero-order chi connectivity index (χ0) is 22.1. The van der Waals surface area contributed by atoms with Gasteiger partial charge in [-0.15, -0.1) is 0 Å². The molecule has 0 N–H and O–H groups in total. The molecule has 1 aromatic carbocycles. The summed E-state index contributed by atoms with van der Waals surface area (Å²) >= 11 is 6.25. The molecule has 1 saturated carbocycles. The fourth-order valence-electron chi connectivity index (χ4n) is 4.85. The molecule has 1 aliphatic heterocycles. The monoisotopic (exact) mass is 443 g/mol. The van der Waals surface area contributed by atoms with Crippen LogP contribution in [0.15, 0.2) is 29.4 Å². The number of hydrogen-bond donors (Lipinski definition) is 0. The highest BCUT2D eigenvalue weighted by Gasteiger charge is 2.32. The minimum Gasteiger partial charge on any atom is -0.391 e. The number of halogens is 1. The zero-order valence-electron chi connectivity index (χ0n) is 19.3. The van der Waals surface area contributed by atoms with Gasteiger partial charge in [-0.1, -0.05) is 67.9 Å². The summed E-state index contributed by atoms with van der Waals surface area (Å²) < 4.78 is 0. The Labute approximate surface area is 193 Å². The van der Waals surface area contributed by atoms with E-state index in [1.807, 2.05) is 6.07 Å². The summed E-state index contributed by atoms with van der Waals surface area (Å²) in [5, 5.41) is 4.95. The number of aryl methyl sites for hydroxylation is 1. The molecule has 3 rings (SSSR count). The summed E-state index contributed by atoms with van der Waals surface area (Å²) in [7, 11) is 0. The molecule has 1 fully saturated rings. The Morgan fingerprint density at radius 1 is 1.16 bits per heavy atom. The molecule has 0 radical (unpaired) electrons. The topological polar surface area (TPSA) is 38.7 Å². The largest absolute Gasteiger partial charge is 0.391 e. The lowest BCUT2D eigenvalue weighted by Crippen LogP contribution is -2.24. The summed E-state index contributed by atoms with van der Waals surface area (Å²) in [6.45, 7) is 4.36. The van der Waals surface area contributed by atoms with Gasteiger partial charge in [-0.25, -0.2) is 0 Å². The van der Waals surface area contributed by atoms with Crippen molar-refractivity contribution in [3.05, 3.63) is 40.4 Å². The summed E-state index contributed by atoms with van der Waals surface area (Å²) in [5.74, 6) is 0.775. The Kier molecular flexibility index (Phi) is 9.64. The number of unbranched alkanes of at least 4 members (excludes halogenated alkanes) is 3. The van der Waals surface area contributed by atoms with E-state index in [9.17, 15) is 4.79 Å². The van der Waals surface area contributed by atoms with Crippen molar-refractivity contribution in [1.82, 2.24) is 0 Å². The van der Waals surface area contributed by atoms with Gasteiger partial charge in [0, 0.05) is 17.9 Å². The highest BCUT2D eigenvalue weighted by molar-refractivity contribution is 6.40. The van der Waals surface area contributed by atoms with Crippen molar-refractivity contribution >= 4 is 28.7 Å². The molecule has 170 valence electrons. The first-order valence-electron chi connectivity index (χ1n) is 12.3. The second-order valence-corrected chi connectivity index (χ2v) is 9.68. The maximum Gasteiger partial charge on any atom is 0.180 e. The van der Waals surface area contributed by atoms with Gasteiger partial charge < -0.3 is 4.84 Å². The van der Waals surface area contributed by atoms with Crippen LogP contribution in [0.25, 0.3) is 5.57 Å². The molecular weight excluding hydrogens is 406 g/mol. The van der Waals surface area contributed by atoms with Crippen LogP contribution in [-0.4, -0.2) is 17.6 Å². The number of benzene rings is 1. The molecule has 0 amide bonds. The predicted molar refractivity (Wildman–Crippen MR) is 131 cm³/mol. The number of Topliss-reactive ketones (excluding diaryl/α,β-unsaturated/α-hetero) is 1. The van der Waals surface area contributed by atoms with Crippen LogP contribution in [0, 0.1) is 12.8 Å². The van der Waals surface area contributed by atoms with E-state index in [1.54, 1.807) is 0 Å². The van der Waals surface area contributed by atoms with E-state index in [1.165, 1.54) is 48.8 Å². The minimum absolute atomic E-state index is 0.145. The predicted octanol–water partition coefficient (Wildman–Crippen LogP) is 8.08. The number of carbonyl (C=O) groups excluding carboxylic acids is 1. The normalized spacial score (nSPS) is 19.9. The summed E-state index contributed by atoms with van der Waals surface area (Å²) in [4.78, 5) is 18.2. The van der Waals surface area contributed by atoms with E-state index < -0.39 is 0 Å². The lowest BCUT2D eigenvalue weighted by Gasteiger charge is -2.25. The number of allylic oxidation sites excluding steroid dienone is 2. The van der Waals surface area contributed by atoms with Gasteiger partial charge in [-0.2, -0.15) is 0 Å². The fourth-order valence-corrected chi connectivity index (χ4v) is 5.02. The van der Waals surface area contributed by atoms with Crippen molar-refractivity contribution < 1.29 is 9.63 Å². The molecule has 1 unspecified atom stereocenters. The van der Waals surface area contributed by atoms with Crippen molar-refractivity contribution in [3.63, 3.8) is 0 Å². The van der Waals surface area contributed by atoms with E-state index in [2.05, 4.69) is 37.2 Å². The van der Waals surface area contributed by atoms with Crippen LogP contribution < -0.4 is 0 Å². The van der Waals surface area contributed by atoms with E-state index in [0.717, 1.165) is 50.0 Å². The maximum atomic E-state index is 12.6. The first kappa shape index (κ1) is 24.0. The van der Waals surface area contributed by atoms with Gasteiger partial charge in [0.1, 0.15) is 11.8 Å². The summed E-state index contributed by atoms with van der Waals surface area (Å²) in [5.41, 5.74) is 4.60. The lowest BCUT2D eigenvalue weighted by atomic mass is 9.83. The van der Waals surface area contributed by atoms with E-state index in [-0.39, 0.29) is 11.9 Å². The third-order valence-corrected chi connectivity index (χ3v) is 7.00. The average molecular weight is 444 g/mol. The molecule has 4 heteroatoms. The van der Waals surface area contributed by atoms with Crippen molar-refractivity contribution in [2.45, 2.75) is 103 Å². The van der Waals surface area contributed by atoms with Crippen LogP contribution in [-0.2, 0) is 9.63 Å². The van der Waals surface area contributed by atoms with Crippen LogP contribution in [0.3, 0.4) is 0 Å².